The number of nitrogens with zero attached hydrogens (tertiary/aromatic N) is 3. The highest BCUT2D eigenvalue weighted by molar-refractivity contribution is 5.96. The Kier molecular flexibility index (Phi) is 4.46. The Morgan fingerprint density at radius 1 is 1.07 bits per heavy atom. The van der Waals surface area contributed by atoms with Gasteiger partial charge in [-0.05, 0) is 56.4 Å². The molecule has 0 saturated heterocycles. The molecule has 3 aromatic rings. The van der Waals surface area contributed by atoms with Crippen molar-refractivity contribution >= 4 is 28.5 Å². The summed E-state index contributed by atoms with van der Waals surface area (Å²) in [5.41, 5.74) is 3.89. The Hall–Kier alpha value is -3.35. The van der Waals surface area contributed by atoms with Crippen molar-refractivity contribution in [3.05, 3.63) is 47.5 Å². The normalized spacial score (nSPS) is 15.8. The molecule has 2 fully saturated rings. The summed E-state index contributed by atoms with van der Waals surface area (Å²) in [6.07, 6.45) is 7.59. The van der Waals surface area contributed by atoms with Gasteiger partial charge < -0.3 is 10.1 Å². The Morgan fingerprint density at radius 3 is 2.53 bits per heavy atom. The van der Waals surface area contributed by atoms with Gasteiger partial charge in [0.1, 0.15) is 11.5 Å². The second-order valence-electron chi connectivity index (χ2n) is 8.10. The number of fused-ring (bicyclic) bond motifs is 1. The summed E-state index contributed by atoms with van der Waals surface area (Å²) < 4.78 is 4.76. The van der Waals surface area contributed by atoms with Crippen LogP contribution in [0.15, 0.2) is 30.6 Å². The van der Waals surface area contributed by atoms with Gasteiger partial charge in [-0.2, -0.15) is 0 Å². The van der Waals surface area contributed by atoms with Crippen LogP contribution in [0.4, 0.5) is 5.82 Å². The molecule has 1 N–H and O–H groups in total. The number of aryl methyl sites for hydroxylation is 1. The van der Waals surface area contributed by atoms with Gasteiger partial charge in [0.05, 0.1) is 18.5 Å². The third kappa shape index (κ3) is 3.51. The van der Waals surface area contributed by atoms with Gasteiger partial charge in [0.25, 0.3) is 0 Å². The van der Waals surface area contributed by atoms with Crippen molar-refractivity contribution in [1.82, 2.24) is 15.0 Å². The zero-order valence-electron chi connectivity index (χ0n) is 16.9. The van der Waals surface area contributed by atoms with Gasteiger partial charge in [-0.25, -0.2) is 14.8 Å². The van der Waals surface area contributed by atoms with Gasteiger partial charge in [0.2, 0.25) is 5.91 Å². The number of hydrogen-bond donors (Lipinski definition) is 1. The number of pyridine rings is 3. The number of carbonyl (C=O) groups excluding carboxylic acids is 2. The van der Waals surface area contributed by atoms with E-state index in [1.165, 1.54) is 7.11 Å². The van der Waals surface area contributed by atoms with Crippen molar-refractivity contribution in [1.29, 1.82) is 0 Å². The van der Waals surface area contributed by atoms with Crippen LogP contribution in [0.3, 0.4) is 0 Å². The van der Waals surface area contributed by atoms with E-state index in [0.29, 0.717) is 11.7 Å². The summed E-state index contributed by atoms with van der Waals surface area (Å²) in [5.74, 6) is 0.724. The third-order valence-corrected chi connectivity index (χ3v) is 5.69. The second kappa shape index (κ2) is 7.16. The average Bonchev–Trinajstić information content (AvgIpc) is 3.64. The predicted molar refractivity (Wildman–Crippen MR) is 112 cm³/mol. The zero-order chi connectivity index (χ0) is 20.8. The Morgan fingerprint density at radius 2 is 1.87 bits per heavy atom. The molecule has 2 aliphatic carbocycles. The smallest absolute Gasteiger partial charge is 0.356 e. The number of methoxy groups -OCH3 is 1. The maximum Gasteiger partial charge on any atom is 0.356 e. The van der Waals surface area contributed by atoms with Crippen LogP contribution in [0.25, 0.3) is 22.0 Å². The number of hydrogen-bond acceptors (Lipinski definition) is 6. The maximum absolute atomic E-state index is 12.1. The summed E-state index contributed by atoms with van der Waals surface area (Å²) >= 11 is 0. The molecule has 2 aliphatic rings. The van der Waals surface area contributed by atoms with Gasteiger partial charge in [-0.3, -0.25) is 9.78 Å². The molecule has 3 heterocycles. The van der Waals surface area contributed by atoms with Crippen LogP contribution >= 0.6 is 0 Å². The lowest BCUT2D eigenvalue weighted by molar-refractivity contribution is -0.117. The molecule has 0 bridgehead atoms. The first-order valence-corrected chi connectivity index (χ1v) is 10.2. The topological polar surface area (TPSA) is 94.1 Å². The highest BCUT2D eigenvalue weighted by atomic mass is 16.5. The number of amides is 1. The molecule has 2 saturated carbocycles. The lowest BCUT2D eigenvalue weighted by atomic mass is 10.0. The molecule has 0 atom stereocenters. The molecular formula is C23H22N4O3. The summed E-state index contributed by atoms with van der Waals surface area (Å²) in [5, 5.41) is 4.93. The number of anilines is 1. The minimum Gasteiger partial charge on any atom is -0.464 e. The van der Waals surface area contributed by atoms with Gasteiger partial charge in [0, 0.05) is 40.6 Å². The van der Waals surface area contributed by atoms with Crippen LogP contribution in [-0.2, 0) is 9.53 Å². The Bertz CT molecular complexity index is 1180. The Labute approximate surface area is 173 Å². The lowest BCUT2D eigenvalue weighted by Crippen LogP contribution is -2.14. The monoisotopic (exact) mass is 402 g/mol. The molecule has 3 aromatic heterocycles. The molecule has 1 amide bonds. The number of nitrogens with one attached hydrogen (secondary N) is 1. The fourth-order valence-electron chi connectivity index (χ4n) is 3.66. The minimum atomic E-state index is -0.459. The van der Waals surface area contributed by atoms with Gasteiger partial charge in [-0.1, -0.05) is 0 Å². The molecule has 0 unspecified atom stereocenters. The summed E-state index contributed by atoms with van der Waals surface area (Å²) in [7, 11) is 1.34. The highest BCUT2D eigenvalue weighted by Crippen LogP contribution is 2.43. The number of ether oxygens (including phenoxy) is 1. The quantitative estimate of drug-likeness (QED) is 0.648. The molecule has 152 valence electrons. The first-order valence-electron chi connectivity index (χ1n) is 10.2. The summed E-state index contributed by atoms with van der Waals surface area (Å²) in [6.45, 7) is 1.93. The fraction of sp³-hybridized carbons (Fsp3) is 0.348. The zero-order valence-corrected chi connectivity index (χ0v) is 16.9. The molecule has 0 aliphatic heterocycles. The van der Waals surface area contributed by atoms with Crippen molar-refractivity contribution in [3.8, 4) is 11.3 Å². The summed E-state index contributed by atoms with van der Waals surface area (Å²) in [4.78, 5) is 37.5. The number of rotatable bonds is 5. The van der Waals surface area contributed by atoms with E-state index in [2.05, 4.69) is 15.3 Å². The number of esters is 1. The molecule has 30 heavy (non-hydrogen) atoms. The lowest BCUT2D eigenvalue weighted by Gasteiger charge is -2.12. The SMILES string of the molecule is COC(=O)c1cc(C)c(-c2cc3cnc(NC(=O)C4CC4)cc3c(C3CC3)n2)cn1. The van der Waals surface area contributed by atoms with E-state index in [0.717, 1.165) is 59.0 Å². The molecule has 0 aromatic carbocycles. The molecular weight excluding hydrogens is 380 g/mol. The first kappa shape index (κ1) is 18.7. The largest absolute Gasteiger partial charge is 0.464 e. The van der Waals surface area contributed by atoms with E-state index in [1.807, 2.05) is 19.1 Å². The van der Waals surface area contributed by atoms with E-state index in [4.69, 9.17) is 9.72 Å². The van der Waals surface area contributed by atoms with E-state index >= 15 is 0 Å². The van der Waals surface area contributed by atoms with Crippen LogP contribution in [-0.4, -0.2) is 33.9 Å². The summed E-state index contributed by atoms with van der Waals surface area (Å²) in [6, 6.07) is 5.65. The Balaban J connectivity index is 1.55. The highest BCUT2D eigenvalue weighted by Gasteiger charge is 2.31. The van der Waals surface area contributed by atoms with Crippen molar-refractivity contribution in [3.63, 3.8) is 0 Å². The molecule has 5 rings (SSSR count). The molecule has 7 nitrogen and oxygen atoms in total. The van der Waals surface area contributed by atoms with Gasteiger partial charge in [0.15, 0.2) is 0 Å². The van der Waals surface area contributed by atoms with Crippen LogP contribution in [0.2, 0.25) is 0 Å². The van der Waals surface area contributed by atoms with Crippen LogP contribution in [0.1, 0.15) is 53.3 Å². The van der Waals surface area contributed by atoms with Gasteiger partial charge in [-0.15, -0.1) is 0 Å². The second-order valence-corrected chi connectivity index (χ2v) is 8.10. The molecule has 7 heteroatoms. The van der Waals surface area contributed by atoms with Crippen LogP contribution in [0.5, 0.6) is 0 Å². The van der Waals surface area contributed by atoms with Crippen LogP contribution in [0, 0.1) is 12.8 Å². The van der Waals surface area contributed by atoms with E-state index in [1.54, 1.807) is 18.5 Å². The predicted octanol–water partition coefficient (Wildman–Crippen LogP) is 4.01. The maximum atomic E-state index is 12.1. The van der Waals surface area contributed by atoms with Gasteiger partial charge >= 0.3 is 5.97 Å². The minimum absolute atomic E-state index is 0.0480. The fourth-order valence-corrected chi connectivity index (χ4v) is 3.66. The van der Waals surface area contributed by atoms with Crippen molar-refractivity contribution < 1.29 is 14.3 Å². The van der Waals surface area contributed by atoms with Crippen molar-refractivity contribution in [2.24, 2.45) is 5.92 Å². The molecule has 0 spiro atoms. The van der Waals surface area contributed by atoms with E-state index in [9.17, 15) is 9.59 Å². The molecule has 0 radical (unpaired) electrons. The first-order chi connectivity index (χ1) is 14.5. The number of aromatic nitrogens is 3. The van der Waals surface area contributed by atoms with Crippen molar-refractivity contribution in [2.45, 2.75) is 38.5 Å². The average molecular weight is 402 g/mol. The van der Waals surface area contributed by atoms with E-state index < -0.39 is 5.97 Å². The van der Waals surface area contributed by atoms with E-state index in [-0.39, 0.29) is 17.5 Å². The van der Waals surface area contributed by atoms with Crippen molar-refractivity contribution in [2.75, 3.05) is 12.4 Å². The number of carbonyl (C=O) groups is 2. The third-order valence-electron chi connectivity index (χ3n) is 5.69. The standard InChI is InChI=1S/C23H22N4O3/c1-12-7-19(23(29)30-2)24-11-17(12)18-8-15-10-25-20(27-22(28)14-5-6-14)9-16(15)21(26-18)13-3-4-13/h7-11,13-14H,3-6H2,1-2H3,(H,25,27,28). The van der Waals surface area contributed by atoms with Crippen LogP contribution < -0.4 is 5.32 Å².